The second kappa shape index (κ2) is 6.57. The van der Waals surface area contributed by atoms with Crippen molar-refractivity contribution < 1.29 is 10.0 Å². The highest BCUT2D eigenvalue weighted by Crippen LogP contribution is 2.30. The maximum Gasteiger partial charge on any atom is 0.269 e. The molecule has 0 bridgehead atoms. The van der Waals surface area contributed by atoms with Crippen molar-refractivity contribution in [1.82, 2.24) is 15.0 Å². The Morgan fingerprint density at radius 1 is 1.12 bits per heavy atom. The predicted octanol–water partition coefficient (Wildman–Crippen LogP) is 3.13. The average Bonchev–Trinajstić information content (AvgIpc) is 2.57. The van der Waals surface area contributed by atoms with Crippen LogP contribution in [-0.2, 0) is 0 Å². The zero-order chi connectivity index (χ0) is 18.0. The first-order valence-electron chi connectivity index (χ1n) is 6.94. The summed E-state index contributed by atoms with van der Waals surface area (Å²) in [6, 6.07) is 10.2. The van der Waals surface area contributed by atoms with Gasteiger partial charge < -0.3 is 16.2 Å². The van der Waals surface area contributed by atoms with E-state index in [2.05, 4.69) is 20.3 Å². The van der Waals surface area contributed by atoms with Crippen LogP contribution in [0.3, 0.4) is 0 Å². The SMILES string of the molecule is Nc1nc(Nc2ccc([N+](=O)[O-])cc2)nc(-c2cc(Cl)ccc2O)n1. The predicted molar refractivity (Wildman–Crippen MR) is 92.7 cm³/mol. The first-order chi connectivity index (χ1) is 11.9. The van der Waals surface area contributed by atoms with Crippen molar-refractivity contribution >= 4 is 34.9 Å². The number of aromatic hydroxyl groups is 1. The summed E-state index contributed by atoms with van der Waals surface area (Å²) in [4.78, 5) is 22.3. The third-order valence-corrected chi connectivity index (χ3v) is 3.42. The number of nitro groups is 1. The molecule has 126 valence electrons. The van der Waals surface area contributed by atoms with Crippen LogP contribution in [-0.4, -0.2) is 25.0 Å². The van der Waals surface area contributed by atoms with Gasteiger partial charge in [0.25, 0.3) is 5.69 Å². The molecule has 0 aliphatic heterocycles. The molecule has 0 aliphatic rings. The normalized spacial score (nSPS) is 10.4. The molecule has 0 spiro atoms. The molecule has 0 atom stereocenters. The van der Waals surface area contributed by atoms with Gasteiger partial charge in [0.2, 0.25) is 11.9 Å². The van der Waals surface area contributed by atoms with Crippen molar-refractivity contribution in [3.05, 3.63) is 57.6 Å². The van der Waals surface area contributed by atoms with Crippen LogP contribution in [0.4, 0.5) is 23.3 Å². The van der Waals surface area contributed by atoms with Gasteiger partial charge in [0.1, 0.15) is 5.75 Å². The Morgan fingerprint density at radius 3 is 2.52 bits per heavy atom. The fourth-order valence-corrected chi connectivity index (χ4v) is 2.22. The Morgan fingerprint density at radius 2 is 1.84 bits per heavy atom. The van der Waals surface area contributed by atoms with E-state index < -0.39 is 4.92 Å². The number of non-ortho nitro benzene ring substituents is 1. The summed E-state index contributed by atoms with van der Waals surface area (Å²) in [5.74, 6) is 0.137. The lowest BCUT2D eigenvalue weighted by Gasteiger charge is -2.08. The summed E-state index contributed by atoms with van der Waals surface area (Å²) in [5.41, 5.74) is 6.48. The number of phenols is 1. The molecule has 3 rings (SSSR count). The van der Waals surface area contributed by atoms with Gasteiger partial charge in [0, 0.05) is 22.8 Å². The van der Waals surface area contributed by atoms with Gasteiger partial charge in [-0.25, -0.2) is 0 Å². The van der Waals surface area contributed by atoms with Crippen LogP contribution < -0.4 is 11.1 Å². The minimum atomic E-state index is -0.495. The van der Waals surface area contributed by atoms with E-state index in [4.69, 9.17) is 17.3 Å². The van der Waals surface area contributed by atoms with Crippen molar-refractivity contribution in [3.8, 4) is 17.1 Å². The van der Waals surface area contributed by atoms with Crippen LogP contribution in [0, 0.1) is 10.1 Å². The third kappa shape index (κ3) is 3.72. The third-order valence-electron chi connectivity index (χ3n) is 3.19. The summed E-state index contributed by atoms with van der Waals surface area (Å²) < 4.78 is 0. The molecule has 0 unspecified atom stereocenters. The molecule has 9 nitrogen and oxygen atoms in total. The summed E-state index contributed by atoms with van der Waals surface area (Å²) >= 11 is 5.93. The van der Waals surface area contributed by atoms with Crippen molar-refractivity contribution in [1.29, 1.82) is 0 Å². The summed E-state index contributed by atoms with van der Waals surface area (Å²) in [6.07, 6.45) is 0. The number of nitro benzene ring substituents is 1. The number of nitrogens with zero attached hydrogens (tertiary/aromatic N) is 4. The lowest BCUT2D eigenvalue weighted by atomic mass is 10.2. The molecule has 0 radical (unpaired) electrons. The molecule has 0 aliphatic carbocycles. The average molecular weight is 359 g/mol. The Labute approximate surface area is 146 Å². The molecule has 2 aromatic carbocycles. The smallest absolute Gasteiger partial charge is 0.269 e. The number of phenolic OH excluding ortho intramolecular Hbond substituents is 1. The number of anilines is 3. The Hall–Kier alpha value is -3.46. The molecular weight excluding hydrogens is 348 g/mol. The number of nitrogens with one attached hydrogen (secondary N) is 1. The molecular formula is C15H11ClN6O3. The Balaban J connectivity index is 1.94. The lowest BCUT2D eigenvalue weighted by molar-refractivity contribution is -0.384. The minimum absolute atomic E-state index is 0.0368. The molecule has 0 fully saturated rings. The van der Waals surface area contributed by atoms with E-state index in [1.54, 1.807) is 0 Å². The van der Waals surface area contributed by atoms with Crippen molar-refractivity contribution in [2.24, 2.45) is 0 Å². The standard InChI is InChI=1S/C15H11ClN6O3/c16-8-1-6-12(23)11(7-8)13-19-14(17)21-15(20-13)18-9-2-4-10(5-3-9)22(24)25/h1-7,23H,(H3,17,18,19,20,21). The largest absolute Gasteiger partial charge is 0.507 e. The highest BCUT2D eigenvalue weighted by atomic mass is 35.5. The molecule has 0 saturated carbocycles. The number of nitrogen functional groups attached to an aromatic ring is 1. The molecule has 3 aromatic rings. The second-order valence-electron chi connectivity index (χ2n) is 4.93. The first-order valence-corrected chi connectivity index (χ1v) is 7.32. The zero-order valence-electron chi connectivity index (χ0n) is 12.5. The minimum Gasteiger partial charge on any atom is -0.507 e. The highest BCUT2D eigenvalue weighted by molar-refractivity contribution is 6.30. The van der Waals surface area contributed by atoms with Crippen LogP contribution in [0.2, 0.25) is 5.02 Å². The number of benzene rings is 2. The van der Waals surface area contributed by atoms with E-state index in [0.717, 1.165) is 0 Å². The van der Waals surface area contributed by atoms with Crippen LogP contribution >= 0.6 is 11.6 Å². The fraction of sp³-hybridized carbons (Fsp3) is 0. The van der Waals surface area contributed by atoms with Gasteiger partial charge in [-0.05, 0) is 30.3 Å². The molecule has 10 heteroatoms. The van der Waals surface area contributed by atoms with Gasteiger partial charge in [-0.3, -0.25) is 10.1 Å². The first kappa shape index (κ1) is 16.4. The fourth-order valence-electron chi connectivity index (χ4n) is 2.05. The van der Waals surface area contributed by atoms with E-state index in [1.165, 1.54) is 42.5 Å². The molecule has 0 amide bonds. The van der Waals surface area contributed by atoms with Crippen LogP contribution in [0.1, 0.15) is 0 Å². The van der Waals surface area contributed by atoms with Gasteiger partial charge in [-0.15, -0.1) is 0 Å². The monoisotopic (exact) mass is 358 g/mol. The molecule has 1 aromatic heterocycles. The van der Waals surface area contributed by atoms with Crippen LogP contribution in [0.25, 0.3) is 11.4 Å². The van der Waals surface area contributed by atoms with Crippen LogP contribution in [0.5, 0.6) is 5.75 Å². The Kier molecular flexibility index (Phi) is 4.31. The molecule has 4 N–H and O–H groups in total. The van der Waals surface area contributed by atoms with Crippen LogP contribution in [0.15, 0.2) is 42.5 Å². The van der Waals surface area contributed by atoms with Gasteiger partial charge in [0.15, 0.2) is 5.82 Å². The van der Waals surface area contributed by atoms with E-state index in [1.807, 2.05) is 0 Å². The molecule has 1 heterocycles. The van der Waals surface area contributed by atoms with E-state index in [-0.39, 0.29) is 29.2 Å². The van der Waals surface area contributed by atoms with Gasteiger partial charge in [0.05, 0.1) is 10.5 Å². The Bertz CT molecular complexity index is 948. The maximum atomic E-state index is 10.7. The van der Waals surface area contributed by atoms with Crippen molar-refractivity contribution in [2.45, 2.75) is 0 Å². The maximum absolute atomic E-state index is 10.7. The van der Waals surface area contributed by atoms with Crippen molar-refractivity contribution in [2.75, 3.05) is 11.1 Å². The number of aromatic nitrogens is 3. The summed E-state index contributed by atoms with van der Waals surface area (Å²) in [6.45, 7) is 0. The van der Waals surface area contributed by atoms with E-state index >= 15 is 0 Å². The highest BCUT2D eigenvalue weighted by Gasteiger charge is 2.12. The number of nitrogens with two attached hydrogens (primary N) is 1. The van der Waals surface area contributed by atoms with E-state index in [9.17, 15) is 15.2 Å². The van der Waals surface area contributed by atoms with E-state index in [0.29, 0.717) is 16.3 Å². The number of halogens is 1. The van der Waals surface area contributed by atoms with Gasteiger partial charge in [-0.1, -0.05) is 11.6 Å². The number of hydrogen-bond acceptors (Lipinski definition) is 8. The number of rotatable bonds is 4. The molecule has 25 heavy (non-hydrogen) atoms. The quantitative estimate of drug-likeness (QED) is 0.477. The molecule has 0 saturated heterocycles. The second-order valence-corrected chi connectivity index (χ2v) is 5.37. The van der Waals surface area contributed by atoms with Crippen molar-refractivity contribution in [3.63, 3.8) is 0 Å². The zero-order valence-corrected chi connectivity index (χ0v) is 13.3. The van der Waals surface area contributed by atoms with Gasteiger partial charge in [-0.2, -0.15) is 15.0 Å². The lowest BCUT2D eigenvalue weighted by Crippen LogP contribution is -2.05. The number of hydrogen-bond donors (Lipinski definition) is 3. The van der Waals surface area contributed by atoms with Gasteiger partial charge >= 0.3 is 0 Å². The summed E-state index contributed by atoms with van der Waals surface area (Å²) in [5, 5.41) is 23.9. The summed E-state index contributed by atoms with van der Waals surface area (Å²) in [7, 11) is 0. The topological polar surface area (TPSA) is 140 Å².